The number of benzene rings is 2. The lowest BCUT2D eigenvalue weighted by molar-refractivity contribution is -0.117. The second-order valence-electron chi connectivity index (χ2n) is 6.30. The van der Waals surface area contributed by atoms with Gasteiger partial charge < -0.3 is 9.80 Å². The first-order valence-electron chi connectivity index (χ1n) is 8.64. The van der Waals surface area contributed by atoms with Gasteiger partial charge in [0.05, 0.1) is 4.90 Å². The highest BCUT2D eigenvalue weighted by atomic mass is 32.2. The second-order valence-corrected chi connectivity index (χ2v) is 8.06. The summed E-state index contributed by atoms with van der Waals surface area (Å²) in [7, 11) is -1.65. The lowest BCUT2D eigenvalue weighted by Crippen LogP contribution is -2.33. The molecule has 26 heavy (non-hydrogen) atoms. The third kappa shape index (κ3) is 4.23. The minimum Gasteiger partial charge on any atom is -0.373 e. The van der Waals surface area contributed by atoms with Gasteiger partial charge in [-0.3, -0.25) is 4.79 Å². The summed E-state index contributed by atoms with van der Waals surface area (Å²) >= 11 is 0. The van der Waals surface area contributed by atoms with Crippen LogP contribution in [-0.2, 0) is 14.8 Å². The topological polar surface area (TPSA) is 69.7 Å². The van der Waals surface area contributed by atoms with Gasteiger partial charge in [0.1, 0.15) is 0 Å². The second kappa shape index (κ2) is 7.88. The Hall–Kier alpha value is -2.38. The monoisotopic (exact) mass is 373 g/mol. The summed E-state index contributed by atoms with van der Waals surface area (Å²) in [5.74, 6) is 0.0858. The molecule has 1 N–H and O–H groups in total. The molecule has 0 atom stereocenters. The number of sulfonamides is 1. The molecule has 1 amide bonds. The van der Waals surface area contributed by atoms with E-state index in [0.29, 0.717) is 26.1 Å². The number of rotatable bonds is 7. The van der Waals surface area contributed by atoms with Crippen molar-refractivity contribution in [1.82, 2.24) is 4.72 Å². The number of likely N-dealkylation sites (N-methyl/N-ethyl adjacent to an activating group) is 1. The van der Waals surface area contributed by atoms with Crippen molar-refractivity contribution in [2.45, 2.75) is 17.7 Å². The number of para-hydroxylation sites is 1. The van der Waals surface area contributed by atoms with E-state index in [-0.39, 0.29) is 10.8 Å². The highest BCUT2D eigenvalue weighted by molar-refractivity contribution is 7.89. The van der Waals surface area contributed by atoms with Gasteiger partial charge in [-0.1, -0.05) is 18.2 Å². The molecule has 0 radical (unpaired) electrons. The Morgan fingerprint density at radius 3 is 2.38 bits per heavy atom. The third-order valence-electron chi connectivity index (χ3n) is 4.47. The lowest BCUT2D eigenvalue weighted by Gasteiger charge is -2.19. The van der Waals surface area contributed by atoms with E-state index in [9.17, 15) is 13.2 Å². The predicted octanol–water partition coefficient (Wildman–Crippen LogP) is 2.23. The van der Waals surface area contributed by atoms with Gasteiger partial charge in [-0.25, -0.2) is 13.1 Å². The van der Waals surface area contributed by atoms with E-state index in [4.69, 9.17) is 0 Å². The van der Waals surface area contributed by atoms with Crippen LogP contribution in [0.5, 0.6) is 0 Å². The molecule has 1 aliphatic heterocycles. The molecule has 1 fully saturated rings. The Balaban J connectivity index is 1.58. The summed E-state index contributed by atoms with van der Waals surface area (Å²) in [5, 5.41) is 0. The largest absolute Gasteiger partial charge is 0.373 e. The molecular formula is C19H23N3O3S. The summed E-state index contributed by atoms with van der Waals surface area (Å²) in [6.07, 6.45) is 1.39. The van der Waals surface area contributed by atoms with Gasteiger partial charge in [0, 0.05) is 44.5 Å². The predicted molar refractivity (Wildman–Crippen MR) is 103 cm³/mol. The van der Waals surface area contributed by atoms with Gasteiger partial charge >= 0.3 is 0 Å². The molecule has 1 aliphatic rings. The van der Waals surface area contributed by atoms with Crippen molar-refractivity contribution in [2.75, 3.05) is 36.5 Å². The van der Waals surface area contributed by atoms with E-state index >= 15 is 0 Å². The molecular weight excluding hydrogens is 350 g/mol. The SMILES string of the molecule is CN(CCNS(=O)(=O)c1ccc(N2CCCC2=O)cc1)c1ccccc1. The van der Waals surface area contributed by atoms with Crippen molar-refractivity contribution >= 4 is 27.3 Å². The molecule has 2 aromatic rings. The molecule has 3 rings (SSSR count). The highest BCUT2D eigenvalue weighted by Gasteiger charge is 2.22. The van der Waals surface area contributed by atoms with Crippen molar-refractivity contribution < 1.29 is 13.2 Å². The average Bonchev–Trinajstić information content (AvgIpc) is 3.08. The van der Waals surface area contributed by atoms with E-state index in [1.54, 1.807) is 29.2 Å². The van der Waals surface area contributed by atoms with Crippen LogP contribution in [0.4, 0.5) is 11.4 Å². The maximum absolute atomic E-state index is 12.4. The van der Waals surface area contributed by atoms with Crippen LogP contribution >= 0.6 is 0 Å². The van der Waals surface area contributed by atoms with Crippen molar-refractivity contribution in [3.63, 3.8) is 0 Å². The molecule has 0 unspecified atom stereocenters. The van der Waals surface area contributed by atoms with Crippen LogP contribution in [0.15, 0.2) is 59.5 Å². The van der Waals surface area contributed by atoms with Crippen LogP contribution in [0.1, 0.15) is 12.8 Å². The Morgan fingerprint density at radius 2 is 1.77 bits per heavy atom. The number of anilines is 2. The van der Waals surface area contributed by atoms with Crippen molar-refractivity contribution in [3.05, 3.63) is 54.6 Å². The van der Waals surface area contributed by atoms with Gasteiger partial charge in [0.2, 0.25) is 15.9 Å². The summed E-state index contributed by atoms with van der Waals surface area (Å²) in [6.45, 7) is 1.55. The highest BCUT2D eigenvalue weighted by Crippen LogP contribution is 2.22. The number of hydrogen-bond acceptors (Lipinski definition) is 4. The van der Waals surface area contributed by atoms with E-state index < -0.39 is 10.0 Å². The zero-order valence-corrected chi connectivity index (χ0v) is 15.6. The van der Waals surface area contributed by atoms with Gasteiger partial charge in [-0.2, -0.15) is 0 Å². The van der Waals surface area contributed by atoms with E-state index in [2.05, 4.69) is 4.72 Å². The Labute approximate surface area is 154 Å². The van der Waals surface area contributed by atoms with Gasteiger partial charge in [0.15, 0.2) is 0 Å². The number of carbonyl (C=O) groups is 1. The number of hydrogen-bond donors (Lipinski definition) is 1. The molecule has 138 valence electrons. The molecule has 1 saturated heterocycles. The van der Waals surface area contributed by atoms with Crippen LogP contribution in [0, 0.1) is 0 Å². The minimum absolute atomic E-state index is 0.0858. The smallest absolute Gasteiger partial charge is 0.240 e. The standard InChI is InChI=1S/C19H23N3O3S/c1-21(16-6-3-2-4-7-16)15-13-20-26(24,25)18-11-9-17(10-12-18)22-14-5-8-19(22)23/h2-4,6-7,9-12,20H,5,8,13-15H2,1H3. The van der Waals surface area contributed by atoms with E-state index in [1.165, 1.54) is 0 Å². The summed E-state index contributed by atoms with van der Waals surface area (Å²) in [6, 6.07) is 16.3. The number of amides is 1. The fourth-order valence-corrected chi connectivity index (χ4v) is 3.99. The number of nitrogens with one attached hydrogen (secondary N) is 1. The molecule has 0 aliphatic carbocycles. The molecule has 0 aromatic heterocycles. The molecule has 7 heteroatoms. The van der Waals surface area contributed by atoms with Crippen LogP contribution < -0.4 is 14.5 Å². The van der Waals surface area contributed by atoms with Gasteiger partial charge in [-0.15, -0.1) is 0 Å². The zero-order chi connectivity index (χ0) is 18.6. The first-order valence-corrected chi connectivity index (χ1v) is 10.1. The van der Waals surface area contributed by atoms with Crippen LogP contribution in [0.3, 0.4) is 0 Å². The van der Waals surface area contributed by atoms with Crippen molar-refractivity contribution in [2.24, 2.45) is 0 Å². The van der Waals surface area contributed by atoms with Crippen LogP contribution in [0.25, 0.3) is 0 Å². The fraction of sp³-hybridized carbons (Fsp3) is 0.316. The summed E-state index contributed by atoms with van der Waals surface area (Å²) in [5.41, 5.74) is 1.78. The molecule has 0 saturated carbocycles. The van der Waals surface area contributed by atoms with Crippen molar-refractivity contribution in [3.8, 4) is 0 Å². The first-order chi connectivity index (χ1) is 12.5. The maximum atomic E-state index is 12.4. The molecule has 2 aromatic carbocycles. The molecule has 0 bridgehead atoms. The molecule has 1 heterocycles. The molecule has 6 nitrogen and oxygen atoms in total. The van der Waals surface area contributed by atoms with Gasteiger partial charge in [-0.05, 0) is 42.8 Å². The third-order valence-corrected chi connectivity index (χ3v) is 5.95. The first kappa shape index (κ1) is 18.4. The Morgan fingerprint density at radius 1 is 1.08 bits per heavy atom. The maximum Gasteiger partial charge on any atom is 0.240 e. The number of carbonyl (C=O) groups excluding carboxylic acids is 1. The average molecular weight is 373 g/mol. The number of nitrogens with zero attached hydrogens (tertiary/aromatic N) is 2. The molecule has 0 spiro atoms. The normalized spacial score (nSPS) is 14.7. The van der Waals surface area contributed by atoms with Gasteiger partial charge in [0.25, 0.3) is 0 Å². The van der Waals surface area contributed by atoms with E-state index in [1.807, 2.05) is 42.3 Å². The fourth-order valence-electron chi connectivity index (χ4n) is 2.97. The van der Waals surface area contributed by atoms with Crippen LogP contribution in [0.2, 0.25) is 0 Å². The summed E-state index contributed by atoms with van der Waals surface area (Å²) < 4.78 is 27.5. The van der Waals surface area contributed by atoms with Crippen molar-refractivity contribution in [1.29, 1.82) is 0 Å². The zero-order valence-electron chi connectivity index (χ0n) is 14.8. The minimum atomic E-state index is -3.57. The van der Waals surface area contributed by atoms with E-state index in [0.717, 1.165) is 17.8 Å². The quantitative estimate of drug-likeness (QED) is 0.808. The lowest BCUT2D eigenvalue weighted by atomic mass is 10.3. The summed E-state index contributed by atoms with van der Waals surface area (Å²) in [4.78, 5) is 15.7. The Bertz CT molecular complexity index is 851. The van der Waals surface area contributed by atoms with Crippen LogP contribution in [-0.4, -0.2) is 41.0 Å². The Kier molecular flexibility index (Phi) is 5.58.